The highest BCUT2D eigenvalue weighted by molar-refractivity contribution is 6.10. The van der Waals surface area contributed by atoms with Crippen LogP contribution in [0, 0.1) is 5.82 Å². The number of carbonyl (C=O) groups is 1. The van der Waals surface area contributed by atoms with Gasteiger partial charge in [0.25, 0.3) is 5.91 Å². The molecule has 0 saturated heterocycles. The lowest BCUT2D eigenvalue weighted by Gasteiger charge is -2.06. The topological polar surface area (TPSA) is 67.5 Å². The van der Waals surface area contributed by atoms with Crippen LogP contribution in [-0.4, -0.2) is 11.7 Å². The monoisotopic (exact) mass is 193 g/mol. The summed E-state index contributed by atoms with van der Waals surface area (Å²) in [5, 5.41) is 3.60. The highest BCUT2D eigenvalue weighted by atomic mass is 19.1. The summed E-state index contributed by atoms with van der Waals surface area (Å²) in [4.78, 5) is 11.3. The van der Waals surface area contributed by atoms with Gasteiger partial charge < -0.3 is 5.73 Å². The van der Waals surface area contributed by atoms with Crippen LogP contribution < -0.4 is 11.2 Å². The van der Waals surface area contributed by atoms with E-state index in [1.165, 1.54) is 24.3 Å². The van der Waals surface area contributed by atoms with Gasteiger partial charge in [-0.05, 0) is 17.7 Å². The standard InChI is InChI=1S/C9H8FN3O/c10-6-3-1-5(2-4-6)7-8(11)12-13-9(7)14/h1-4,7H,(H2,11,12)(H,13,14)/t7-/m0/s1. The van der Waals surface area contributed by atoms with Crippen molar-refractivity contribution in [2.24, 2.45) is 10.8 Å². The zero-order valence-electron chi connectivity index (χ0n) is 7.20. The third-order valence-electron chi connectivity index (χ3n) is 2.06. The molecule has 1 aromatic carbocycles. The molecule has 1 heterocycles. The molecule has 4 nitrogen and oxygen atoms in total. The third kappa shape index (κ3) is 1.32. The number of benzene rings is 1. The molecule has 0 saturated carbocycles. The summed E-state index contributed by atoms with van der Waals surface area (Å²) < 4.78 is 12.6. The SMILES string of the molecule is NC1=NNC(=O)[C@H]1c1ccc(F)cc1. The Morgan fingerprint density at radius 2 is 2.00 bits per heavy atom. The van der Waals surface area contributed by atoms with Crippen molar-refractivity contribution < 1.29 is 9.18 Å². The molecule has 0 radical (unpaired) electrons. The Bertz CT molecular complexity index is 399. The Morgan fingerprint density at radius 3 is 2.50 bits per heavy atom. The van der Waals surface area contributed by atoms with Crippen molar-refractivity contribution in [3.63, 3.8) is 0 Å². The highest BCUT2D eigenvalue weighted by Gasteiger charge is 2.29. The van der Waals surface area contributed by atoms with E-state index >= 15 is 0 Å². The predicted molar refractivity (Wildman–Crippen MR) is 48.9 cm³/mol. The Morgan fingerprint density at radius 1 is 1.36 bits per heavy atom. The molecular weight excluding hydrogens is 185 g/mol. The minimum absolute atomic E-state index is 0.210. The zero-order chi connectivity index (χ0) is 10.1. The number of nitrogens with two attached hydrogens (primary N) is 1. The van der Waals surface area contributed by atoms with Crippen LogP contribution >= 0.6 is 0 Å². The van der Waals surface area contributed by atoms with Crippen LogP contribution in [-0.2, 0) is 4.79 Å². The first-order chi connectivity index (χ1) is 6.68. The van der Waals surface area contributed by atoms with Crippen molar-refractivity contribution in [3.8, 4) is 0 Å². The maximum atomic E-state index is 12.6. The van der Waals surface area contributed by atoms with E-state index < -0.39 is 5.92 Å². The Kier molecular flexibility index (Phi) is 1.92. The molecule has 72 valence electrons. The third-order valence-corrected chi connectivity index (χ3v) is 2.06. The van der Waals surface area contributed by atoms with Gasteiger partial charge in [-0.3, -0.25) is 4.79 Å². The van der Waals surface area contributed by atoms with Crippen molar-refractivity contribution >= 4 is 11.7 Å². The fourth-order valence-electron chi connectivity index (χ4n) is 1.36. The summed E-state index contributed by atoms with van der Waals surface area (Å²) >= 11 is 0. The first kappa shape index (κ1) is 8.68. The zero-order valence-corrected chi connectivity index (χ0v) is 7.20. The van der Waals surface area contributed by atoms with Crippen molar-refractivity contribution in [1.29, 1.82) is 0 Å². The number of nitrogens with zero attached hydrogens (tertiary/aromatic N) is 1. The molecule has 1 atom stereocenters. The van der Waals surface area contributed by atoms with E-state index in [0.29, 0.717) is 5.56 Å². The molecule has 5 heteroatoms. The Balaban J connectivity index is 2.35. The van der Waals surface area contributed by atoms with Crippen LogP contribution in [0.2, 0.25) is 0 Å². The van der Waals surface area contributed by atoms with Crippen molar-refractivity contribution in [3.05, 3.63) is 35.6 Å². The van der Waals surface area contributed by atoms with Gasteiger partial charge in [-0.15, -0.1) is 0 Å². The van der Waals surface area contributed by atoms with Crippen molar-refractivity contribution in [1.82, 2.24) is 5.43 Å². The van der Waals surface area contributed by atoms with E-state index in [2.05, 4.69) is 10.5 Å². The molecular formula is C9H8FN3O. The van der Waals surface area contributed by atoms with Gasteiger partial charge in [0.2, 0.25) is 0 Å². The van der Waals surface area contributed by atoms with E-state index in [1.54, 1.807) is 0 Å². The second kappa shape index (κ2) is 3.10. The van der Waals surface area contributed by atoms with Gasteiger partial charge in [0.15, 0.2) is 0 Å². The molecule has 3 N–H and O–H groups in total. The molecule has 0 spiro atoms. The second-order valence-corrected chi connectivity index (χ2v) is 3.00. The summed E-state index contributed by atoms with van der Waals surface area (Å²) in [7, 11) is 0. The van der Waals surface area contributed by atoms with Gasteiger partial charge in [-0.25, -0.2) is 9.82 Å². The number of rotatable bonds is 1. The van der Waals surface area contributed by atoms with Gasteiger partial charge in [-0.1, -0.05) is 12.1 Å². The van der Waals surface area contributed by atoms with Crippen LogP contribution in [0.25, 0.3) is 0 Å². The molecule has 1 aromatic rings. The van der Waals surface area contributed by atoms with Gasteiger partial charge >= 0.3 is 0 Å². The summed E-state index contributed by atoms with van der Waals surface area (Å²) in [5.41, 5.74) is 8.42. The maximum absolute atomic E-state index is 12.6. The maximum Gasteiger partial charge on any atom is 0.255 e. The van der Waals surface area contributed by atoms with Crippen LogP contribution in [0.4, 0.5) is 4.39 Å². The average molecular weight is 193 g/mol. The number of carbonyl (C=O) groups excluding carboxylic acids is 1. The van der Waals surface area contributed by atoms with Gasteiger partial charge in [0.05, 0.1) is 0 Å². The lowest BCUT2D eigenvalue weighted by Crippen LogP contribution is -2.25. The van der Waals surface area contributed by atoms with E-state index in [-0.39, 0.29) is 17.6 Å². The molecule has 0 aliphatic carbocycles. The van der Waals surface area contributed by atoms with Gasteiger partial charge in [0, 0.05) is 0 Å². The summed E-state index contributed by atoms with van der Waals surface area (Å²) in [5.74, 6) is -1.01. The van der Waals surface area contributed by atoms with Crippen LogP contribution in [0.1, 0.15) is 11.5 Å². The quantitative estimate of drug-likeness (QED) is 0.674. The lowest BCUT2D eigenvalue weighted by atomic mass is 9.98. The second-order valence-electron chi connectivity index (χ2n) is 3.00. The number of amides is 1. The molecule has 1 aliphatic rings. The molecule has 2 rings (SSSR count). The van der Waals surface area contributed by atoms with Gasteiger partial charge in [0.1, 0.15) is 17.6 Å². The average Bonchev–Trinajstić information content (AvgIpc) is 2.49. The smallest absolute Gasteiger partial charge is 0.255 e. The highest BCUT2D eigenvalue weighted by Crippen LogP contribution is 2.19. The van der Waals surface area contributed by atoms with Crippen LogP contribution in [0.15, 0.2) is 29.4 Å². The predicted octanol–water partition coefficient (Wildman–Crippen LogP) is 0.311. The summed E-state index contributed by atoms with van der Waals surface area (Å²) in [6.07, 6.45) is 0. The number of amidine groups is 1. The van der Waals surface area contributed by atoms with E-state index in [4.69, 9.17) is 5.73 Å². The molecule has 0 unspecified atom stereocenters. The lowest BCUT2D eigenvalue weighted by molar-refractivity contribution is -0.120. The number of nitrogens with one attached hydrogen (secondary N) is 1. The van der Waals surface area contributed by atoms with Crippen LogP contribution in [0.5, 0.6) is 0 Å². The number of hydrogen-bond acceptors (Lipinski definition) is 3. The first-order valence-electron chi connectivity index (χ1n) is 4.07. The van der Waals surface area contributed by atoms with E-state index in [9.17, 15) is 9.18 Å². The normalized spacial score (nSPS) is 20.5. The van der Waals surface area contributed by atoms with E-state index in [0.717, 1.165) is 0 Å². The number of hydrazone groups is 1. The van der Waals surface area contributed by atoms with Gasteiger partial charge in [-0.2, -0.15) is 5.10 Å². The fourth-order valence-corrected chi connectivity index (χ4v) is 1.36. The molecule has 1 amide bonds. The van der Waals surface area contributed by atoms with Crippen LogP contribution in [0.3, 0.4) is 0 Å². The van der Waals surface area contributed by atoms with E-state index in [1.807, 2.05) is 0 Å². The fraction of sp³-hybridized carbons (Fsp3) is 0.111. The van der Waals surface area contributed by atoms with Crippen molar-refractivity contribution in [2.45, 2.75) is 5.92 Å². The molecule has 0 fully saturated rings. The summed E-state index contributed by atoms with van der Waals surface area (Å²) in [6, 6.07) is 5.61. The Hall–Kier alpha value is -1.91. The van der Waals surface area contributed by atoms with Crippen molar-refractivity contribution in [2.75, 3.05) is 0 Å². The Labute approximate surface area is 79.6 Å². The largest absolute Gasteiger partial charge is 0.385 e. The molecule has 0 bridgehead atoms. The summed E-state index contributed by atoms with van der Waals surface area (Å²) in [6.45, 7) is 0. The minimum atomic E-state index is -0.587. The molecule has 0 aromatic heterocycles. The number of halogens is 1. The molecule has 14 heavy (non-hydrogen) atoms. The minimum Gasteiger partial charge on any atom is -0.385 e. The number of hydrogen-bond donors (Lipinski definition) is 2. The first-order valence-corrected chi connectivity index (χ1v) is 4.07. The molecule has 1 aliphatic heterocycles.